The number of carbonyl (C=O) groups excluding carboxylic acids is 2. The van der Waals surface area contributed by atoms with Gasteiger partial charge in [-0.2, -0.15) is 0 Å². The Hall–Kier alpha value is -2.70. The fourth-order valence-corrected chi connectivity index (χ4v) is 3.46. The van der Waals surface area contributed by atoms with Gasteiger partial charge in [0, 0.05) is 45.7 Å². The van der Waals surface area contributed by atoms with Crippen LogP contribution >= 0.6 is 0 Å². The summed E-state index contributed by atoms with van der Waals surface area (Å²) in [5.41, 5.74) is 0.823. The van der Waals surface area contributed by atoms with E-state index >= 15 is 0 Å². The Bertz CT molecular complexity index is 758. The van der Waals surface area contributed by atoms with Gasteiger partial charge in [-0.25, -0.2) is 4.98 Å². The van der Waals surface area contributed by atoms with Crippen molar-refractivity contribution in [1.29, 1.82) is 0 Å². The summed E-state index contributed by atoms with van der Waals surface area (Å²) >= 11 is 0. The maximum absolute atomic E-state index is 13.1. The number of likely N-dealkylation sites (tertiary alicyclic amines) is 1. The minimum atomic E-state index is -0.428. The Kier molecular flexibility index (Phi) is 4.83. The molecule has 1 saturated heterocycles. The molecule has 2 amide bonds. The summed E-state index contributed by atoms with van der Waals surface area (Å²) in [7, 11) is 3.64. The fraction of sp³-hybridized carbons (Fsp3) is 0.444. The van der Waals surface area contributed by atoms with Crippen molar-refractivity contribution in [3.8, 4) is 0 Å². The Morgan fingerprint density at radius 2 is 2.12 bits per heavy atom. The first-order valence-corrected chi connectivity index (χ1v) is 8.44. The molecule has 3 heterocycles. The van der Waals surface area contributed by atoms with Crippen LogP contribution in [0.3, 0.4) is 0 Å². The summed E-state index contributed by atoms with van der Waals surface area (Å²) in [4.78, 5) is 37.5. The van der Waals surface area contributed by atoms with E-state index in [1.807, 2.05) is 42.9 Å². The van der Waals surface area contributed by atoms with E-state index < -0.39 is 5.92 Å². The van der Waals surface area contributed by atoms with Gasteiger partial charge in [-0.1, -0.05) is 6.07 Å². The van der Waals surface area contributed by atoms with Gasteiger partial charge in [0.25, 0.3) is 0 Å². The van der Waals surface area contributed by atoms with Crippen molar-refractivity contribution in [3.63, 3.8) is 0 Å². The van der Waals surface area contributed by atoms with Crippen molar-refractivity contribution in [2.45, 2.75) is 25.9 Å². The molecule has 1 aliphatic heterocycles. The molecule has 1 aliphatic rings. The molecule has 0 aromatic carbocycles. The number of imidazole rings is 1. The molecule has 3 rings (SSSR count). The summed E-state index contributed by atoms with van der Waals surface area (Å²) in [5, 5.41) is 0. The van der Waals surface area contributed by atoms with Crippen LogP contribution in [-0.4, -0.2) is 49.7 Å². The number of aryl methyl sites for hydroxylation is 1. The molecule has 0 spiro atoms. The Morgan fingerprint density at radius 3 is 2.72 bits per heavy atom. The lowest BCUT2D eigenvalue weighted by Gasteiger charge is -2.28. The molecule has 0 N–H and O–H groups in total. The summed E-state index contributed by atoms with van der Waals surface area (Å²) in [5.74, 6) is 0.266. The van der Waals surface area contributed by atoms with Crippen LogP contribution in [0.2, 0.25) is 0 Å². The van der Waals surface area contributed by atoms with Gasteiger partial charge in [0.05, 0.1) is 18.2 Å². The van der Waals surface area contributed by atoms with Crippen molar-refractivity contribution in [1.82, 2.24) is 24.3 Å². The quantitative estimate of drug-likeness (QED) is 0.824. The predicted molar refractivity (Wildman–Crippen MR) is 92.2 cm³/mol. The Balaban J connectivity index is 1.84. The minimum absolute atomic E-state index is 0.0000797. The molecule has 7 heteroatoms. The molecule has 1 fully saturated rings. The predicted octanol–water partition coefficient (Wildman–Crippen LogP) is 1.38. The standard InChI is InChI=1S/C18H23N5O2/c1-4-23-15(24)11-14(16(23)17-20-9-10-21(17)2)18(25)22(3)12-13-7-5-6-8-19-13/h5-10,14,16H,4,11-12H2,1-3H3/t14-,16-/m0/s1. The minimum Gasteiger partial charge on any atom is -0.340 e. The molecule has 0 radical (unpaired) electrons. The largest absolute Gasteiger partial charge is 0.340 e. The molecule has 2 aromatic rings. The molecular formula is C18H23N5O2. The van der Waals surface area contributed by atoms with Gasteiger partial charge in [-0.3, -0.25) is 14.6 Å². The second-order valence-corrected chi connectivity index (χ2v) is 6.35. The van der Waals surface area contributed by atoms with E-state index in [4.69, 9.17) is 0 Å². The number of amides is 2. The van der Waals surface area contributed by atoms with E-state index in [1.54, 1.807) is 29.2 Å². The normalized spacial score (nSPS) is 20.1. The summed E-state index contributed by atoms with van der Waals surface area (Å²) in [6.45, 7) is 2.91. The van der Waals surface area contributed by atoms with Gasteiger partial charge in [-0.05, 0) is 19.1 Å². The van der Waals surface area contributed by atoms with Crippen molar-refractivity contribution in [3.05, 3.63) is 48.3 Å². The fourth-order valence-electron chi connectivity index (χ4n) is 3.46. The molecule has 25 heavy (non-hydrogen) atoms. The maximum Gasteiger partial charge on any atom is 0.228 e. The van der Waals surface area contributed by atoms with Crippen LogP contribution in [0.25, 0.3) is 0 Å². The first-order valence-electron chi connectivity index (χ1n) is 8.44. The van der Waals surface area contributed by atoms with Crippen LogP contribution in [0.4, 0.5) is 0 Å². The lowest BCUT2D eigenvalue weighted by atomic mass is 9.97. The highest BCUT2D eigenvalue weighted by atomic mass is 16.2. The number of rotatable bonds is 5. The van der Waals surface area contributed by atoms with Crippen LogP contribution in [0, 0.1) is 5.92 Å². The number of carbonyl (C=O) groups is 2. The summed E-state index contributed by atoms with van der Waals surface area (Å²) in [6.07, 6.45) is 5.47. The van der Waals surface area contributed by atoms with E-state index in [2.05, 4.69) is 9.97 Å². The summed E-state index contributed by atoms with van der Waals surface area (Å²) < 4.78 is 1.88. The van der Waals surface area contributed by atoms with E-state index in [0.717, 1.165) is 11.5 Å². The Morgan fingerprint density at radius 1 is 1.32 bits per heavy atom. The third kappa shape index (κ3) is 3.26. The van der Waals surface area contributed by atoms with Gasteiger partial charge in [0.1, 0.15) is 11.9 Å². The van der Waals surface area contributed by atoms with Crippen LogP contribution in [0.1, 0.15) is 30.9 Å². The van der Waals surface area contributed by atoms with Crippen molar-refractivity contribution < 1.29 is 9.59 Å². The zero-order valence-electron chi connectivity index (χ0n) is 14.8. The van der Waals surface area contributed by atoms with Gasteiger partial charge >= 0.3 is 0 Å². The molecule has 0 saturated carbocycles. The molecule has 7 nitrogen and oxygen atoms in total. The molecule has 2 atom stereocenters. The number of aromatic nitrogens is 3. The monoisotopic (exact) mass is 341 g/mol. The highest BCUT2D eigenvalue weighted by Crippen LogP contribution is 2.38. The third-order valence-electron chi connectivity index (χ3n) is 4.71. The van der Waals surface area contributed by atoms with Crippen molar-refractivity contribution in [2.24, 2.45) is 13.0 Å². The lowest BCUT2D eigenvalue weighted by Crippen LogP contribution is -2.37. The molecular weight excluding hydrogens is 318 g/mol. The number of pyridine rings is 1. The maximum atomic E-state index is 13.1. The van der Waals surface area contributed by atoms with E-state index in [-0.39, 0.29) is 24.3 Å². The first kappa shape index (κ1) is 17.1. The van der Waals surface area contributed by atoms with E-state index in [0.29, 0.717) is 13.1 Å². The average Bonchev–Trinajstić information content (AvgIpc) is 3.17. The molecule has 2 aromatic heterocycles. The molecule has 0 unspecified atom stereocenters. The van der Waals surface area contributed by atoms with E-state index in [1.165, 1.54) is 0 Å². The second-order valence-electron chi connectivity index (χ2n) is 6.35. The van der Waals surface area contributed by atoms with Gasteiger partial charge in [0.2, 0.25) is 11.8 Å². The van der Waals surface area contributed by atoms with Gasteiger partial charge < -0.3 is 14.4 Å². The van der Waals surface area contributed by atoms with Gasteiger partial charge in [-0.15, -0.1) is 0 Å². The van der Waals surface area contributed by atoms with Crippen molar-refractivity contribution in [2.75, 3.05) is 13.6 Å². The lowest BCUT2D eigenvalue weighted by molar-refractivity contribution is -0.136. The van der Waals surface area contributed by atoms with Crippen LogP contribution in [0.5, 0.6) is 0 Å². The Labute approximate surface area is 147 Å². The topological polar surface area (TPSA) is 71.3 Å². The highest BCUT2D eigenvalue weighted by molar-refractivity contribution is 5.90. The van der Waals surface area contributed by atoms with Crippen LogP contribution in [-0.2, 0) is 23.2 Å². The molecule has 0 aliphatic carbocycles. The molecule has 0 bridgehead atoms. The van der Waals surface area contributed by atoms with Crippen molar-refractivity contribution >= 4 is 11.8 Å². The zero-order valence-corrected chi connectivity index (χ0v) is 14.8. The van der Waals surface area contributed by atoms with Gasteiger partial charge in [0.15, 0.2) is 0 Å². The molecule has 132 valence electrons. The number of hydrogen-bond acceptors (Lipinski definition) is 4. The van der Waals surface area contributed by atoms with E-state index in [9.17, 15) is 9.59 Å². The van der Waals surface area contributed by atoms with Crippen LogP contribution < -0.4 is 0 Å². The summed E-state index contributed by atoms with van der Waals surface area (Å²) in [6, 6.07) is 5.31. The smallest absolute Gasteiger partial charge is 0.228 e. The average molecular weight is 341 g/mol. The second kappa shape index (κ2) is 7.04. The zero-order chi connectivity index (χ0) is 18.0. The SMILES string of the molecule is CCN1C(=O)C[C@H](C(=O)N(C)Cc2ccccn2)[C@H]1c1nccn1C. The van der Waals surface area contributed by atoms with Crippen LogP contribution in [0.15, 0.2) is 36.8 Å². The third-order valence-corrected chi connectivity index (χ3v) is 4.71. The first-order chi connectivity index (χ1) is 12.0. The number of hydrogen-bond donors (Lipinski definition) is 0. The number of nitrogens with zero attached hydrogens (tertiary/aromatic N) is 5. The highest BCUT2D eigenvalue weighted by Gasteiger charge is 2.46.